The van der Waals surface area contributed by atoms with Crippen LogP contribution in [0.1, 0.15) is 20.3 Å². The monoisotopic (exact) mass is 212 g/mol. The molecule has 0 atom stereocenters. The molecule has 0 aliphatic rings. The van der Waals surface area contributed by atoms with E-state index in [4.69, 9.17) is 0 Å². The number of carbonyl (C=O) groups excluding carboxylic acids is 1. The van der Waals surface area contributed by atoms with E-state index >= 15 is 0 Å². The van der Waals surface area contributed by atoms with E-state index in [-0.39, 0.29) is 17.8 Å². The van der Waals surface area contributed by atoms with Crippen molar-refractivity contribution in [2.24, 2.45) is 0 Å². The zero-order chi connectivity index (χ0) is 12.0. The molecule has 0 heterocycles. The number of hydrogen-bond acceptors (Lipinski definition) is 1. The van der Waals surface area contributed by atoms with E-state index in [0.717, 1.165) is 6.08 Å². The molecule has 0 amide bonds. The van der Waals surface area contributed by atoms with Crippen LogP contribution in [0.3, 0.4) is 0 Å². The molecule has 0 aliphatic heterocycles. The molecule has 0 radical (unpaired) electrons. The number of ketones is 1. The topological polar surface area (TPSA) is 17.1 Å². The van der Waals surface area contributed by atoms with Crippen molar-refractivity contribution in [2.75, 3.05) is 0 Å². The molecule has 0 spiro atoms. The van der Waals surface area contributed by atoms with Gasteiger partial charge in [0.25, 0.3) is 0 Å². The molecule has 1 nitrogen and oxygen atoms in total. The van der Waals surface area contributed by atoms with Gasteiger partial charge in [0.05, 0.1) is 0 Å². The van der Waals surface area contributed by atoms with Crippen LogP contribution in [0, 0.1) is 0 Å². The molecule has 0 saturated carbocycles. The van der Waals surface area contributed by atoms with E-state index in [1.807, 2.05) is 0 Å². The van der Waals surface area contributed by atoms with E-state index < -0.39 is 11.7 Å². The molecule has 0 rings (SSSR count). The standard InChI is InChI=1S/C12H14F2O/c1-5-11(13)12(14)10(4)8(2)6-7-9(3)15/h5-6H,1,4,7H2,2-3H3/b8-6+,12-11-. The van der Waals surface area contributed by atoms with Crippen molar-refractivity contribution in [1.29, 1.82) is 0 Å². The lowest BCUT2D eigenvalue weighted by atomic mass is 10.1. The van der Waals surface area contributed by atoms with Gasteiger partial charge in [-0.1, -0.05) is 19.2 Å². The van der Waals surface area contributed by atoms with Crippen LogP contribution in [0.15, 0.2) is 48.1 Å². The minimum Gasteiger partial charge on any atom is -0.300 e. The minimum absolute atomic E-state index is 0.0456. The van der Waals surface area contributed by atoms with Gasteiger partial charge in [-0.2, -0.15) is 0 Å². The van der Waals surface area contributed by atoms with E-state index in [1.165, 1.54) is 13.0 Å². The van der Waals surface area contributed by atoms with Gasteiger partial charge in [0.15, 0.2) is 11.7 Å². The summed E-state index contributed by atoms with van der Waals surface area (Å²) in [5.74, 6) is -2.13. The number of allylic oxidation sites excluding steroid dienone is 6. The average Bonchev–Trinajstić information content (AvgIpc) is 2.22. The molecule has 0 unspecified atom stereocenters. The van der Waals surface area contributed by atoms with E-state index in [0.29, 0.717) is 5.57 Å². The van der Waals surface area contributed by atoms with Gasteiger partial charge in [0.1, 0.15) is 5.78 Å². The number of Topliss-reactive ketones (excluding diaryl/α,β-unsaturated/α-hetero) is 1. The highest BCUT2D eigenvalue weighted by Gasteiger charge is 2.08. The lowest BCUT2D eigenvalue weighted by Gasteiger charge is -2.03. The summed E-state index contributed by atoms with van der Waals surface area (Å²) < 4.78 is 25.9. The molecular weight excluding hydrogens is 198 g/mol. The molecule has 0 aromatic rings. The highest BCUT2D eigenvalue weighted by molar-refractivity contribution is 5.77. The van der Waals surface area contributed by atoms with Gasteiger partial charge in [0, 0.05) is 12.0 Å². The molecule has 0 bridgehead atoms. The third kappa shape index (κ3) is 4.49. The van der Waals surface area contributed by atoms with Crippen LogP contribution in [0.25, 0.3) is 0 Å². The maximum Gasteiger partial charge on any atom is 0.165 e. The first-order valence-electron chi connectivity index (χ1n) is 4.43. The fourth-order valence-corrected chi connectivity index (χ4v) is 0.827. The molecular formula is C12H14F2O. The van der Waals surface area contributed by atoms with Crippen molar-refractivity contribution in [3.8, 4) is 0 Å². The summed E-state index contributed by atoms with van der Waals surface area (Å²) in [5.41, 5.74) is 0.383. The lowest BCUT2D eigenvalue weighted by molar-refractivity contribution is -0.116. The van der Waals surface area contributed by atoms with Gasteiger partial charge in [-0.05, 0) is 25.5 Å². The van der Waals surface area contributed by atoms with Gasteiger partial charge < -0.3 is 0 Å². The summed E-state index contributed by atoms with van der Waals surface area (Å²) >= 11 is 0. The number of rotatable bonds is 5. The Morgan fingerprint density at radius 3 is 2.27 bits per heavy atom. The Kier molecular flexibility index (Phi) is 5.45. The smallest absolute Gasteiger partial charge is 0.165 e. The molecule has 3 heteroatoms. The Hall–Kier alpha value is -1.51. The first-order chi connectivity index (χ1) is 6.90. The summed E-state index contributed by atoms with van der Waals surface area (Å²) in [5, 5.41) is 0. The minimum atomic E-state index is -1.05. The van der Waals surface area contributed by atoms with Crippen LogP contribution in [-0.2, 0) is 4.79 Å². The quantitative estimate of drug-likeness (QED) is 0.633. The Bertz CT molecular complexity index is 349. The summed E-state index contributed by atoms with van der Waals surface area (Å²) in [7, 11) is 0. The predicted molar refractivity (Wildman–Crippen MR) is 57.6 cm³/mol. The van der Waals surface area contributed by atoms with Crippen LogP contribution in [0.2, 0.25) is 0 Å². The highest BCUT2D eigenvalue weighted by atomic mass is 19.2. The largest absolute Gasteiger partial charge is 0.300 e. The summed E-state index contributed by atoms with van der Waals surface area (Å²) in [6, 6.07) is 0. The normalized spacial score (nSPS) is 13.2. The van der Waals surface area contributed by atoms with E-state index in [9.17, 15) is 13.6 Å². The number of halogens is 2. The maximum absolute atomic E-state index is 13.2. The fourth-order valence-electron chi connectivity index (χ4n) is 0.827. The predicted octanol–water partition coefficient (Wildman–Crippen LogP) is 3.80. The van der Waals surface area contributed by atoms with Gasteiger partial charge in [-0.15, -0.1) is 0 Å². The van der Waals surface area contributed by atoms with Crippen LogP contribution >= 0.6 is 0 Å². The zero-order valence-electron chi connectivity index (χ0n) is 8.94. The van der Waals surface area contributed by atoms with E-state index in [1.54, 1.807) is 6.92 Å². The lowest BCUT2D eigenvalue weighted by Crippen LogP contribution is -1.91. The molecule has 0 aromatic carbocycles. The molecule has 0 fully saturated rings. The van der Waals surface area contributed by atoms with Crippen LogP contribution in [0.5, 0.6) is 0 Å². The summed E-state index contributed by atoms with van der Waals surface area (Å²) in [6.45, 7) is 9.50. The Morgan fingerprint density at radius 2 is 1.87 bits per heavy atom. The second-order valence-electron chi connectivity index (χ2n) is 3.14. The highest BCUT2D eigenvalue weighted by Crippen LogP contribution is 2.23. The number of carbonyl (C=O) groups is 1. The maximum atomic E-state index is 13.2. The van der Waals surface area contributed by atoms with Crippen molar-refractivity contribution in [2.45, 2.75) is 20.3 Å². The first-order valence-corrected chi connectivity index (χ1v) is 4.43. The zero-order valence-corrected chi connectivity index (χ0v) is 8.94. The Labute approximate surface area is 88.5 Å². The molecule has 0 aliphatic carbocycles. The Morgan fingerprint density at radius 1 is 1.33 bits per heavy atom. The second-order valence-corrected chi connectivity index (χ2v) is 3.14. The summed E-state index contributed by atoms with van der Waals surface area (Å²) in [6.07, 6.45) is 2.48. The van der Waals surface area contributed by atoms with Crippen molar-refractivity contribution < 1.29 is 13.6 Å². The Balaban J connectivity index is 4.80. The molecule has 0 aromatic heterocycles. The molecule has 82 valence electrons. The molecule has 15 heavy (non-hydrogen) atoms. The van der Waals surface area contributed by atoms with Gasteiger partial charge in [0.2, 0.25) is 0 Å². The van der Waals surface area contributed by atoms with Crippen molar-refractivity contribution in [3.63, 3.8) is 0 Å². The van der Waals surface area contributed by atoms with Crippen LogP contribution < -0.4 is 0 Å². The van der Waals surface area contributed by atoms with Crippen LogP contribution in [0.4, 0.5) is 8.78 Å². The van der Waals surface area contributed by atoms with Crippen molar-refractivity contribution >= 4 is 5.78 Å². The first kappa shape index (κ1) is 13.5. The molecule has 0 saturated heterocycles. The van der Waals surface area contributed by atoms with Crippen molar-refractivity contribution in [1.82, 2.24) is 0 Å². The third-order valence-electron chi connectivity index (χ3n) is 1.83. The van der Waals surface area contributed by atoms with Crippen LogP contribution in [-0.4, -0.2) is 5.78 Å². The van der Waals surface area contributed by atoms with Crippen molar-refractivity contribution in [3.05, 3.63) is 48.1 Å². The third-order valence-corrected chi connectivity index (χ3v) is 1.83. The fraction of sp³-hybridized carbons (Fsp3) is 0.250. The average molecular weight is 212 g/mol. The van der Waals surface area contributed by atoms with Gasteiger partial charge in [-0.25, -0.2) is 8.78 Å². The number of hydrogen-bond donors (Lipinski definition) is 0. The molecule has 0 N–H and O–H groups in total. The SMILES string of the molecule is C=C/C(F)=C(/F)C(=C)/C(C)=C/CC(C)=O. The van der Waals surface area contributed by atoms with Gasteiger partial charge >= 0.3 is 0 Å². The summed E-state index contributed by atoms with van der Waals surface area (Å²) in [4.78, 5) is 10.7. The second kappa shape index (κ2) is 6.06. The van der Waals surface area contributed by atoms with Gasteiger partial charge in [-0.3, -0.25) is 4.79 Å². The van der Waals surface area contributed by atoms with E-state index in [2.05, 4.69) is 13.2 Å².